The lowest BCUT2D eigenvalue weighted by Gasteiger charge is -2.33. The van der Waals surface area contributed by atoms with Crippen molar-refractivity contribution in [1.29, 1.82) is 0 Å². The van der Waals surface area contributed by atoms with Crippen molar-refractivity contribution in [3.05, 3.63) is 47.5 Å². The second-order valence-electron chi connectivity index (χ2n) is 6.83. The highest BCUT2D eigenvalue weighted by Crippen LogP contribution is 2.44. The first-order valence-electron chi connectivity index (χ1n) is 8.89. The molecule has 0 saturated carbocycles. The number of nitrogens with two attached hydrogens (primary N) is 1. The van der Waals surface area contributed by atoms with Crippen LogP contribution in [0.4, 0.5) is 32.4 Å². The Morgan fingerprint density at radius 3 is 2.69 bits per heavy atom. The molecule has 2 heterocycles. The third-order valence-electron chi connectivity index (χ3n) is 4.55. The zero-order chi connectivity index (χ0) is 23.7. The summed E-state index contributed by atoms with van der Waals surface area (Å²) < 4.78 is 78.3. The molecular formula is C18H16F5N5O4. The molecule has 1 atom stereocenters. The number of nitrogens with zero attached hydrogens (tertiary/aromatic N) is 3. The lowest BCUT2D eigenvalue weighted by molar-refractivity contribution is -0.116. The fraction of sp³-hybridized carbons (Fsp3) is 0.333. The average molecular weight is 461 g/mol. The molecule has 0 bridgehead atoms. The number of nitrogens with one attached hydrogen (secondary N) is 1. The van der Waals surface area contributed by atoms with Crippen LogP contribution in [0.15, 0.2) is 35.5 Å². The minimum absolute atomic E-state index is 0.171. The zero-order valence-corrected chi connectivity index (χ0v) is 16.3. The van der Waals surface area contributed by atoms with Gasteiger partial charge in [-0.15, -0.1) is 0 Å². The van der Waals surface area contributed by atoms with Crippen LogP contribution < -0.4 is 11.1 Å². The summed E-state index contributed by atoms with van der Waals surface area (Å²) >= 11 is 0. The molecule has 9 nitrogen and oxygen atoms in total. The number of anilines is 1. The van der Waals surface area contributed by atoms with E-state index in [4.69, 9.17) is 10.5 Å². The van der Waals surface area contributed by atoms with E-state index in [9.17, 15) is 31.5 Å². The van der Waals surface area contributed by atoms with Gasteiger partial charge in [0.25, 0.3) is 5.92 Å². The molecule has 172 valence electrons. The highest BCUT2D eigenvalue weighted by Gasteiger charge is 2.54. The molecule has 1 aromatic carbocycles. The number of alkyl halides is 4. The van der Waals surface area contributed by atoms with Crippen LogP contribution in [0.1, 0.15) is 29.5 Å². The first-order valence-corrected chi connectivity index (χ1v) is 8.89. The van der Waals surface area contributed by atoms with E-state index in [0.717, 1.165) is 37.4 Å². The quantitative estimate of drug-likeness (QED) is 0.410. The molecule has 1 aliphatic heterocycles. The van der Waals surface area contributed by atoms with Crippen LogP contribution in [-0.4, -0.2) is 46.8 Å². The molecule has 14 heteroatoms. The topological polar surface area (TPSA) is 121 Å². The van der Waals surface area contributed by atoms with E-state index >= 15 is 0 Å². The molecule has 1 aliphatic rings. The first-order chi connectivity index (χ1) is 14.9. The van der Waals surface area contributed by atoms with Crippen molar-refractivity contribution in [3.63, 3.8) is 0 Å². The monoisotopic (exact) mass is 461 g/mol. The van der Waals surface area contributed by atoms with Gasteiger partial charge in [0.15, 0.2) is 11.2 Å². The second kappa shape index (κ2) is 8.53. The van der Waals surface area contributed by atoms with Crippen LogP contribution in [0.3, 0.4) is 0 Å². The van der Waals surface area contributed by atoms with E-state index in [2.05, 4.69) is 20.1 Å². The van der Waals surface area contributed by atoms with E-state index in [-0.39, 0.29) is 22.8 Å². The number of amides is 1. The van der Waals surface area contributed by atoms with E-state index < -0.39 is 53.8 Å². The molecule has 3 N–H and O–H groups in total. The predicted molar refractivity (Wildman–Crippen MR) is 99.1 cm³/mol. The number of carbonyl (C=O) groups excluding carboxylic acids is 2. The van der Waals surface area contributed by atoms with Gasteiger partial charge < -0.3 is 15.2 Å². The predicted octanol–water partition coefficient (Wildman–Crippen LogP) is 3.04. The molecular weight excluding hydrogens is 445 g/mol. The van der Waals surface area contributed by atoms with Crippen LogP contribution >= 0.6 is 0 Å². The Balaban J connectivity index is 1.81. The van der Waals surface area contributed by atoms with Crippen LogP contribution in [0.25, 0.3) is 0 Å². The summed E-state index contributed by atoms with van der Waals surface area (Å²) in [6, 6.07) is 3.60. The van der Waals surface area contributed by atoms with Crippen LogP contribution in [0, 0.1) is 5.82 Å². The van der Waals surface area contributed by atoms with Gasteiger partial charge in [-0.05, 0) is 31.2 Å². The molecule has 0 spiro atoms. The number of benzene rings is 1. The van der Waals surface area contributed by atoms with Gasteiger partial charge in [-0.25, -0.2) is 27.4 Å². The average Bonchev–Trinajstić information content (AvgIpc) is 3.16. The summed E-state index contributed by atoms with van der Waals surface area (Å²) in [5, 5.41) is 5.30. The number of amidine groups is 1. The molecule has 0 fully saturated rings. The van der Waals surface area contributed by atoms with E-state index in [0.29, 0.717) is 0 Å². The summed E-state index contributed by atoms with van der Waals surface area (Å²) in [4.78, 5) is 27.6. The maximum atomic E-state index is 14.7. The fourth-order valence-electron chi connectivity index (χ4n) is 2.89. The van der Waals surface area contributed by atoms with E-state index in [1.807, 2.05) is 0 Å². The Labute approximate surface area is 177 Å². The molecule has 3 rings (SSSR count). The molecule has 32 heavy (non-hydrogen) atoms. The highest BCUT2D eigenvalue weighted by molar-refractivity contribution is 5.99. The summed E-state index contributed by atoms with van der Waals surface area (Å²) in [6.07, 6.45) is -0.585. The molecule has 2 aromatic rings. The lowest BCUT2D eigenvalue weighted by atomic mass is 9.85. The minimum atomic E-state index is -3.66. The van der Waals surface area contributed by atoms with Gasteiger partial charge >= 0.3 is 18.6 Å². The number of hydrogen-bond donors (Lipinski definition) is 2. The number of ether oxygens (including phenoxy) is 2. The summed E-state index contributed by atoms with van der Waals surface area (Å²) in [6.45, 7) is -3.50. The standard InChI is InChI=1S/C18H16F5N5O4/c1-17(18(22,23)8-31-7-13(24)26-17)10-6-9(2-3-11(10)19)25-16(30)32-14(29)12-4-5-28(27-12)15(20)21/h2-6,15H,7-8H2,1H3,(H2,24,26)(H,25,30)/t17-/m1/s1. The number of hydrogen-bond acceptors (Lipinski definition) is 7. The Bertz CT molecular complexity index is 1070. The van der Waals surface area contributed by atoms with E-state index in [1.54, 1.807) is 0 Å². The second-order valence-corrected chi connectivity index (χ2v) is 6.83. The highest BCUT2D eigenvalue weighted by atomic mass is 19.3. The van der Waals surface area contributed by atoms with Crippen molar-refractivity contribution in [3.8, 4) is 0 Å². The summed E-state index contributed by atoms with van der Waals surface area (Å²) in [5.41, 5.74) is 1.71. The van der Waals surface area contributed by atoms with Crippen molar-refractivity contribution < 1.29 is 41.0 Å². The zero-order valence-electron chi connectivity index (χ0n) is 16.3. The molecule has 0 saturated heterocycles. The molecule has 0 aliphatic carbocycles. The van der Waals surface area contributed by atoms with Crippen molar-refractivity contribution in [2.24, 2.45) is 10.7 Å². The van der Waals surface area contributed by atoms with Crippen LogP contribution in [-0.2, 0) is 15.0 Å². The van der Waals surface area contributed by atoms with Gasteiger partial charge in [-0.3, -0.25) is 10.3 Å². The first kappa shape index (κ1) is 23.1. The normalized spacial score (nSPS) is 20.4. The summed E-state index contributed by atoms with van der Waals surface area (Å²) in [5.74, 6) is -6.34. The number of aromatic nitrogens is 2. The van der Waals surface area contributed by atoms with Crippen molar-refractivity contribution >= 4 is 23.6 Å². The number of esters is 1. The number of halogens is 5. The molecule has 0 radical (unpaired) electrons. The lowest BCUT2D eigenvalue weighted by Crippen LogP contribution is -2.45. The minimum Gasteiger partial charge on any atom is -0.385 e. The van der Waals surface area contributed by atoms with Crippen LogP contribution in [0.5, 0.6) is 0 Å². The maximum absolute atomic E-state index is 14.7. The van der Waals surface area contributed by atoms with Gasteiger partial charge in [0.05, 0.1) is 0 Å². The Hall–Kier alpha value is -3.55. The van der Waals surface area contributed by atoms with Crippen molar-refractivity contribution in [2.45, 2.75) is 24.9 Å². The number of carbonyl (C=O) groups is 2. The molecule has 0 unspecified atom stereocenters. The van der Waals surface area contributed by atoms with Gasteiger partial charge in [0.1, 0.15) is 24.9 Å². The fourth-order valence-corrected chi connectivity index (χ4v) is 2.89. The molecule has 1 amide bonds. The third-order valence-corrected chi connectivity index (χ3v) is 4.55. The van der Waals surface area contributed by atoms with Gasteiger partial charge in [-0.1, -0.05) is 0 Å². The smallest absolute Gasteiger partial charge is 0.385 e. The maximum Gasteiger partial charge on any atom is 0.419 e. The van der Waals surface area contributed by atoms with Gasteiger partial charge in [-0.2, -0.15) is 13.9 Å². The largest absolute Gasteiger partial charge is 0.419 e. The number of aliphatic imine (C=N–C) groups is 1. The van der Waals surface area contributed by atoms with Gasteiger partial charge in [0, 0.05) is 17.4 Å². The SMILES string of the molecule is C[C@]1(c2cc(NC(=O)OC(=O)c3ccn(C(F)F)n3)ccc2F)N=C(N)COCC1(F)F. The Morgan fingerprint density at radius 1 is 1.31 bits per heavy atom. The van der Waals surface area contributed by atoms with E-state index in [1.165, 1.54) is 0 Å². The Morgan fingerprint density at radius 2 is 2.03 bits per heavy atom. The van der Waals surface area contributed by atoms with Crippen LogP contribution in [0.2, 0.25) is 0 Å². The number of rotatable bonds is 4. The molecule has 1 aromatic heterocycles. The van der Waals surface area contributed by atoms with Crippen molar-refractivity contribution in [1.82, 2.24) is 9.78 Å². The Kier molecular flexibility index (Phi) is 6.16. The van der Waals surface area contributed by atoms with Crippen molar-refractivity contribution in [2.75, 3.05) is 18.5 Å². The van der Waals surface area contributed by atoms with Gasteiger partial charge in [0.2, 0.25) is 0 Å². The third kappa shape index (κ3) is 4.54. The summed E-state index contributed by atoms with van der Waals surface area (Å²) in [7, 11) is 0.